The lowest BCUT2D eigenvalue weighted by molar-refractivity contribution is 0.574. The standard InChI is InChI=1S/C22H30N2O4S2/c1-16-14-18(24-12-8-9-13-29(24,25)26)15-17(2)21(16)30(27,28)23-20-11-7-6-10-19(20)22(3,4)5/h6-7,10-11,14-15,23H,8-9,12-13H2,1-5H3. The number of nitrogens with one attached hydrogen (secondary N) is 1. The molecule has 3 rings (SSSR count). The van der Waals surface area contributed by atoms with Crippen LogP contribution in [0.25, 0.3) is 0 Å². The van der Waals surface area contributed by atoms with Gasteiger partial charge in [0.05, 0.1) is 22.0 Å². The zero-order valence-corrected chi connectivity index (χ0v) is 19.8. The molecule has 164 valence electrons. The predicted octanol–water partition coefficient (Wildman–Crippen LogP) is 4.33. The van der Waals surface area contributed by atoms with E-state index in [1.165, 1.54) is 4.31 Å². The molecule has 2 aromatic rings. The monoisotopic (exact) mass is 450 g/mol. The Bertz CT molecular complexity index is 1140. The minimum atomic E-state index is -3.85. The van der Waals surface area contributed by atoms with Crippen molar-refractivity contribution in [3.05, 3.63) is 53.1 Å². The topological polar surface area (TPSA) is 83.6 Å². The van der Waals surface area contributed by atoms with Crippen LogP contribution >= 0.6 is 0 Å². The SMILES string of the molecule is Cc1cc(N2CCCCS2(=O)=O)cc(C)c1S(=O)(=O)Nc1ccccc1C(C)(C)C. The van der Waals surface area contributed by atoms with Crippen molar-refractivity contribution in [2.75, 3.05) is 21.3 Å². The Balaban J connectivity index is 2.02. The Kier molecular flexibility index (Phi) is 5.95. The molecular formula is C22H30N2O4S2. The van der Waals surface area contributed by atoms with Gasteiger partial charge in [0.25, 0.3) is 10.0 Å². The Morgan fingerprint density at radius 3 is 2.17 bits per heavy atom. The second kappa shape index (κ2) is 7.89. The molecule has 0 atom stereocenters. The lowest BCUT2D eigenvalue weighted by atomic mass is 9.86. The molecule has 0 bridgehead atoms. The minimum absolute atomic E-state index is 0.121. The van der Waals surface area contributed by atoms with E-state index in [1.54, 1.807) is 38.1 Å². The zero-order chi connectivity index (χ0) is 22.3. The van der Waals surface area contributed by atoms with Crippen LogP contribution in [0.1, 0.15) is 50.3 Å². The molecule has 1 heterocycles. The number of hydrogen-bond acceptors (Lipinski definition) is 4. The van der Waals surface area contributed by atoms with Gasteiger partial charge in [-0.3, -0.25) is 9.03 Å². The second-order valence-electron chi connectivity index (χ2n) is 8.91. The molecule has 0 spiro atoms. The van der Waals surface area contributed by atoms with E-state index >= 15 is 0 Å². The van der Waals surface area contributed by atoms with E-state index in [2.05, 4.69) is 4.72 Å². The predicted molar refractivity (Wildman–Crippen MR) is 122 cm³/mol. The van der Waals surface area contributed by atoms with Crippen LogP contribution in [0.2, 0.25) is 0 Å². The number of sulfonamides is 2. The summed E-state index contributed by atoms with van der Waals surface area (Å²) >= 11 is 0. The van der Waals surface area contributed by atoms with E-state index < -0.39 is 20.0 Å². The molecule has 8 heteroatoms. The fourth-order valence-electron chi connectivity index (χ4n) is 4.00. The van der Waals surface area contributed by atoms with Crippen molar-refractivity contribution in [1.29, 1.82) is 0 Å². The number of benzene rings is 2. The molecule has 0 aliphatic carbocycles. The van der Waals surface area contributed by atoms with Crippen LogP contribution in [-0.2, 0) is 25.5 Å². The van der Waals surface area contributed by atoms with Gasteiger partial charge in [0.1, 0.15) is 0 Å². The highest BCUT2D eigenvalue weighted by atomic mass is 32.2. The molecule has 0 radical (unpaired) electrons. The summed E-state index contributed by atoms with van der Waals surface area (Å²) in [4.78, 5) is 0.185. The molecule has 6 nitrogen and oxygen atoms in total. The third-order valence-electron chi connectivity index (χ3n) is 5.33. The summed E-state index contributed by atoms with van der Waals surface area (Å²) in [5.41, 5.74) is 2.79. The van der Waals surface area contributed by atoms with Crippen LogP contribution in [0, 0.1) is 13.8 Å². The summed E-state index contributed by atoms with van der Waals surface area (Å²) in [7, 11) is -7.21. The molecule has 1 aliphatic rings. The van der Waals surface area contributed by atoms with E-state index in [0.29, 0.717) is 35.5 Å². The lowest BCUT2D eigenvalue weighted by Gasteiger charge is -2.29. The van der Waals surface area contributed by atoms with E-state index in [9.17, 15) is 16.8 Å². The number of anilines is 2. The summed E-state index contributed by atoms with van der Waals surface area (Å²) in [6, 6.07) is 10.7. The van der Waals surface area contributed by atoms with Gasteiger partial charge in [-0.2, -0.15) is 0 Å². The average Bonchev–Trinajstić information content (AvgIpc) is 2.59. The fraction of sp³-hybridized carbons (Fsp3) is 0.455. The molecule has 1 saturated heterocycles. The van der Waals surface area contributed by atoms with Crippen molar-refractivity contribution in [2.24, 2.45) is 0 Å². The number of hydrogen-bond donors (Lipinski definition) is 1. The van der Waals surface area contributed by atoms with Gasteiger partial charge in [-0.25, -0.2) is 16.8 Å². The number of nitrogens with zero attached hydrogens (tertiary/aromatic N) is 1. The summed E-state index contributed by atoms with van der Waals surface area (Å²) in [6.07, 6.45) is 1.45. The molecule has 30 heavy (non-hydrogen) atoms. The maximum Gasteiger partial charge on any atom is 0.262 e. The van der Waals surface area contributed by atoms with Crippen molar-refractivity contribution >= 4 is 31.4 Å². The van der Waals surface area contributed by atoms with Gasteiger partial charge in [0.2, 0.25) is 10.0 Å². The third kappa shape index (κ3) is 4.49. The Hall–Kier alpha value is -2.06. The molecule has 0 saturated carbocycles. The number of aryl methyl sites for hydroxylation is 2. The van der Waals surface area contributed by atoms with Crippen molar-refractivity contribution in [2.45, 2.75) is 57.8 Å². The van der Waals surface area contributed by atoms with Crippen molar-refractivity contribution in [3.8, 4) is 0 Å². The average molecular weight is 451 g/mol. The van der Waals surface area contributed by atoms with Crippen LogP contribution < -0.4 is 9.03 Å². The van der Waals surface area contributed by atoms with E-state index in [4.69, 9.17) is 0 Å². The highest BCUT2D eigenvalue weighted by Crippen LogP contribution is 2.34. The highest BCUT2D eigenvalue weighted by molar-refractivity contribution is 7.93. The first-order chi connectivity index (χ1) is 13.8. The lowest BCUT2D eigenvalue weighted by Crippen LogP contribution is -2.38. The van der Waals surface area contributed by atoms with Gasteiger partial charge in [-0.15, -0.1) is 0 Å². The molecule has 0 unspecified atom stereocenters. The first kappa shape index (κ1) is 22.6. The Morgan fingerprint density at radius 2 is 1.60 bits per heavy atom. The normalized spacial score (nSPS) is 17.0. The first-order valence-electron chi connectivity index (χ1n) is 10.1. The quantitative estimate of drug-likeness (QED) is 0.751. The zero-order valence-electron chi connectivity index (χ0n) is 18.2. The molecule has 1 N–H and O–H groups in total. The smallest absolute Gasteiger partial charge is 0.262 e. The molecule has 1 aliphatic heterocycles. The van der Waals surface area contributed by atoms with Crippen LogP contribution in [0.15, 0.2) is 41.3 Å². The molecule has 2 aromatic carbocycles. The highest BCUT2D eigenvalue weighted by Gasteiger charge is 2.29. The van der Waals surface area contributed by atoms with E-state index in [1.807, 2.05) is 32.9 Å². The van der Waals surface area contributed by atoms with Crippen molar-refractivity contribution in [3.63, 3.8) is 0 Å². The van der Waals surface area contributed by atoms with Gasteiger partial charge >= 0.3 is 0 Å². The number of rotatable bonds is 4. The molecule has 0 amide bonds. The van der Waals surface area contributed by atoms with Crippen LogP contribution in [0.4, 0.5) is 11.4 Å². The maximum atomic E-state index is 13.3. The van der Waals surface area contributed by atoms with Crippen LogP contribution in [0.3, 0.4) is 0 Å². The third-order valence-corrected chi connectivity index (χ3v) is 8.87. The Morgan fingerprint density at radius 1 is 1.00 bits per heavy atom. The van der Waals surface area contributed by atoms with Crippen molar-refractivity contribution < 1.29 is 16.8 Å². The van der Waals surface area contributed by atoms with Gasteiger partial charge in [0.15, 0.2) is 0 Å². The van der Waals surface area contributed by atoms with Crippen molar-refractivity contribution in [1.82, 2.24) is 0 Å². The van der Waals surface area contributed by atoms with Gasteiger partial charge in [0, 0.05) is 6.54 Å². The summed E-state index contributed by atoms with van der Waals surface area (Å²) in [6.45, 7) is 9.93. The Labute approximate surface area is 180 Å². The van der Waals surface area contributed by atoms with E-state index in [-0.39, 0.29) is 16.1 Å². The summed E-state index contributed by atoms with van der Waals surface area (Å²) in [5, 5.41) is 0. The molecule has 0 aromatic heterocycles. The van der Waals surface area contributed by atoms with Gasteiger partial charge < -0.3 is 0 Å². The molecule has 1 fully saturated rings. The minimum Gasteiger partial charge on any atom is -0.279 e. The largest absolute Gasteiger partial charge is 0.279 e. The molecular weight excluding hydrogens is 420 g/mol. The van der Waals surface area contributed by atoms with Gasteiger partial charge in [-0.05, 0) is 67.0 Å². The summed E-state index contributed by atoms with van der Waals surface area (Å²) in [5.74, 6) is 0.121. The van der Waals surface area contributed by atoms with Crippen LogP contribution in [0.5, 0.6) is 0 Å². The van der Waals surface area contributed by atoms with E-state index in [0.717, 1.165) is 12.0 Å². The van der Waals surface area contributed by atoms with Gasteiger partial charge in [-0.1, -0.05) is 39.0 Å². The maximum absolute atomic E-state index is 13.3. The fourth-order valence-corrected chi connectivity index (χ4v) is 7.15. The first-order valence-corrected chi connectivity index (χ1v) is 13.2. The summed E-state index contributed by atoms with van der Waals surface area (Å²) < 4.78 is 55.6. The second-order valence-corrected chi connectivity index (χ2v) is 12.5. The number of para-hydroxylation sites is 1. The van der Waals surface area contributed by atoms with Crippen LogP contribution in [-0.4, -0.2) is 29.1 Å².